The number of nitrogens with one attached hydrogen (secondary N) is 1. The Morgan fingerprint density at radius 3 is 1.97 bits per heavy atom. The minimum absolute atomic E-state index is 0.114. The second kappa shape index (κ2) is 7.10. The lowest BCUT2D eigenvalue weighted by molar-refractivity contribution is 0.106. The topological polar surface area (TPSA) is 229 Å². The molecule has 0 amide bonds. The van der Waals surface area contributed by atoms with Crippen LogP contribution < -0.4 is 0 Å². The SMILES string of the molecule is O=C1C(c2[nH]c3c(S(=O)(=O)O)cc(S(=O)(=O)O)cc3c2O)=Nc2c(S)cc(S(=O)(=O)O)cc21. The van der Waals surface area contributed by atoms with Gasteiger partial charge in [0.1, 0.15) is 16.3 Å². The highest BCUT2D eigenvalue weighted by atomic mass is 32.2. The van der Waals surface area contributed by atoms with Gasteiger partial charge < -0.3 is 10.1 Å². The molecule has 33 heavy (non-hydrogen) atoms. The Morgan fingerprint density at radius 2 is 1.42 bits per heavy atom. The molecule has 1 aliphatic heterocycles. The van der Waals surface area contributed by atoms with Gasteiger partial charge in [-0.2, -0.15) is 25.3 Å². The van der Waals surface area contributed by atoms with Crippen LogP contribution in [0.2, 0.25) is 0 Å². The molecular formula is C16H10N2O11S4. The fraction of sp³-hybridized carbons (Fsp3) is 0. The molecule has 174 valence electrons. The minimum Gasteiger partial charge on any atom is -0.505 e. The molecule has 0 atom stereocenters. The number of fused-ring (bicyclic) bond motifs is 2. The zero-order valence-electron chi connectivity index (χ0n) is 15.6. The number of aromatic nitrogens is 1. The maximum atomic E-state index is 12.9. The molecule has 0 fully saturated rings. The lowest BCUT2D eigenvalue weighted by Crippen LogP contribution is -2.12. The van der Waals surface area contributed by atoms with E-state index in [4.69, 9.17) is 0 Å². The Kier molecular flexibility index (Phi) is 5.02. The summed E-state index contributed by atoms with van der Waals surface area (Å²) in [4.78, 5) is 16.5. The smallest absolute Gasteiger partial charge is 0.296 e. The maximum absolute atomic E-state index is 12.9. The van der Waals surface area contributed by atoms with Crippen LogP contribution in [0.15, 0.2) is 48.8 Å². The van der Waals surface area contributed by atoms with E-state index in [2.05, 4.69) is 22.6 Å². The lowest BCUT2D eigenvalue weighted by atomic mass is 10.1. The average molecular weight is 535 g/mol. The van der Waals surface area contributed by atoms with Crippen LogP contribution in [0.25, 0.3) is 10.9 Å². The largest absolute Gasteiger partial charge is 0.505 e. The predicted octanol–water partition coefficient (Wildman–Crippen LogP) is 1.22. The molecule has 0 saturated carbocycles. The van der Waals surface area contributed by atoms with Gasteiger partial charge in [0.25, 0.3) is 30.4 Å². The van der Waals surface area contributed by atoms with Crippen LogP contribution >= 0.6 is 12.6 Å². The van der Waals surface area contributed by atoms with Crippen LogP contribution in [0, 0.1) is 0 Å². The van der Waals surface area contributed by atoms with Gasteiger partial charge in [0.05, 0.1) is 26.6 Å². The number of H-pyrrole nitrogens is 1. The van der Waals surface area contributed by atoms with Crippen LogP contribution in [0.1, 0.15) is 16.1 Å². The molecule has 4 rings (SSSR count). The minimum atomic E-state index is -5.08. The molecule has 2 aromatic carbocycles. The van der Waals surface area contributed by atoms with E-state index >= 15 is 0 Å². The molecule has 0 spiro atoms. The first-order valence-corrected chi connectivity index (χ1v) is 13.1. The highest BCUT2D eigenvalue weighted by Crippen LogP contribution is 2.41. The second-order valence-electron chi connectivity index (χ2n) is 6.75. The standard InChI is InChI=1S/C16H10N2O11S4/c19-15-7-1-5(31(21,22)23)3-9(30)11(7)17-13(15)14-16(20)8-2-6(32(24,25)26)4-10(12(8)18-14)33(27,28)29/h1-4,18,20,30H,(H,21,22,23)(H,24,25,26)(H,27,28,29). The molecule has 2 heterocycles. The van der Waals surface area contributed by atoms with Gasteiger partial charge in [0.2, 0.25) is 5.78 Å². The number of carbonyl (C=O) groups excluding carboxylic acids is 1. The molecule has 0 bridgehead atoms. The molecular weight excluding hydrogens is 524 g/mol. The summed E-state index contributed by atoms with van der Waals surface area (Å²) >= 11 is 4.04. The van der Waals surface area contributed by atoms with Gasteiger partial charge in [-0.05, 0) is 24.3 Å². The van der Waals surface area contributed by atoms with Crippen LogP contribution in [0.5, 0.6) is 5.75 Å². The van der Waals surface area contributed by atoms with E-state index in [9.17, 15) is 48.8 Å². The molecule has 5 N–H and O–H groups in total. The third kappa shape index (κ3) is 3.82. The Hall–Kier alpha value is -2.80. The van der Waals surface area contributed by atoms with Crippen molar-refractivity contribution < 1.29 is 48.8 Å². The first-order chi connectivity index (χ1) is 15.0. The van der Waals surface area contributed by atoms with Crippen molar-refractivity contribution in [1.82, 2.24) is 4.98 Å². The molecule has 0 saturated heterocycles. The number of rotatable bonds is 4. The fourth-order valence-corrected chi connectivity index (χ4v) is 5.47. The number of aromatic amines is 1. The quantitative estimate of drug-likeness (QED) is 0.206. The van der Waals surface area contributed by atoms with E-state index in [0.29, 0.717) is 12.1 Å². The van der Waals surface area contributed by atoms with E-state index in [1.807, 2.05) is 0 Å². The van der Waals surface area contributed by atoms with Crippen LogP contribution in [-0.2, 0) is 30.4 Å². The van der Waals surface area contributed by atoms with Crippen molar-refractivity contribution in [2.75, 3.05) is 0 Å². The number of aromatic hydroxyl groups is 1. The molecule has 1 aliphatic rings. The Labute approximate surface area is 190 Å². The number of Topliss-reactive ketones (excluding diaryl/α,β-unsaturated/α-hetero) is 1. The van der Waals surface area contributed by atoms with Crippen molar-refractivity contribution in [1.29, 1.82) is 0 Å². The van der Waals surface area contributed by atoms with E-state index < -0.39 is 78.9 Å². The Morgan fingerprint density at radius 1 is 0.848 bits per heavy atom. The number of carbonyl (C=O) groups is 1. The zero-order chi connectivity index (χ0) is 24.7. The fourth-order valence-electron chi connectivity index (χ4n) is 3.24. The highest BCUT2D eigenvalue weighted by Gasteiger charge is 2.34. The summed E-state index contributed by atoms with van der Waals surface area (Å²) in [5.41, 5.74) is -1.95. The van der Waals surface area contributed by atoms with Crippen molar-refractivity contribution in [2.24, 2.45) is 4.99 Å². The van der Waals surface area contributed by atoms with Crippen LogP contribution in [0.4, 0.5) is 5.69 Å². The highest BCUT2D eigenvalue weighted by molar-refractivity contribution is 7.87. The third-order valence-corrected chi connectivity index (χ3v) is 7.56. The van der Waals surface area contributed by atoms with E-state index in [1.54, 1.807) is 0 Å². The molecule has 0 aliphatic carbocycles. The summed E-state index contributed by atoms with van der Waals surface area (Å²) in [6, 6.07) is 2.88. The number of aliphatic imine (C=N–C) groups is 1. The third-order valence-electron chi connectivity index (χ3n) is 4.67. The molecule has 1 aromatic heterocycles. The number of hydrogen-bond acceptors (Lipinski definition) is 10. The van der Waals surface area contributed by atoms with Gasteiger partial charge in [-0.3, -0.25) is 18.5 Å². The average Bonchev–Trinajstić information content (AvgIpc) is 3.16. The van der Waals surface area contributed by atoms with Crippen molar-refractivity contribution in [2.45, 2.75) is 19.6 Å². The molecule has 0 unspecified atom stereocenters. The van der Waals surface area contributed by atoms with Crippen molar-refractivity contribution in [3.05, 3.63) is 35.5 Å². The van der Waals surface area contributed by atoms with E-state index in [1.165, 1.54) is 0 Å². The normalized spacial score (nSPS) is 14.5. The molecule has 13 nitrogen and oxygen atoms in total. The Bertz CT molecular complexity index is 1770. The number of benzene rings is 2. The maximum Gasteiger partial charge on any atom is 0.296 e. The van der Waals surface area contributed by atoms with E-state index in [-0.39, 0.29) is 16.1 Å². The van der Waals surface area contributed by atoms with Gasteiger partial charge in [-0.1, -0.05) is 0 Å². The van der Waals surface area contributed by atoms with Crippen molar-refractivity contribution in [3.63, 3.8) is 0 Å². The lowest BCUT2D eigenvalue weighted by Gasteiger charge is -2.03. The van der Waals surface area contributed by atoms with Crippen molar-refractivity contribution >= 4 is 71.1 Å². The summed E-state index contributed by atoms with van der Waals surface area (Å²) in [5.74, 6) is -1.80. The van der Waals surface area contributed by atoms with Crippen LogP contribution in [0.3, 0.4) is 0 Å². The molecule has 3 aromatic rings. The first kappa shape index (κ1) is 23.4. The second-order valence-corrected chi connectivity index (χ2v) is 11.5. The summed E-state index contributed by atoms with van der Waals surface area (Å²) in [6.45, 7) is 0. The molecule has 0 radical (unpaired) electrons. The number of nitrogens with zero attached hydrogens (tertiary/aromatic N) is 1. The number of hydrogen-bond donors (Lipinski definition) is 6. The number of thiol groups is 1. The first-order valence-electron chi connectivity index (χ1n) is 8.32. The van der Waals surface area contributed by atoms with Gasteiger partial charge in [-0.25, -0.2) is 4.99 Å². The summed E-state index contributed by atoms with van der Waals surface area (Å²) in [7, 11) is -14.8. The number of ketones is 1. The van der Waals surface area contributed by atoms with Gasteiger partial charge >= 0.3 is 0 Å². The Balaban J connectivity index is 2.00. The van der Waals surface area contributed by atoms with E-state index in [0.717, 1.165) is 12.1 Å². The summed E-state index contributed by atoms with van der Waals surface area (Å²) in [5, 5.41) is 10.1. The monoisotopic (exact) mass is 534 g/mol. The summed E-state index contributed by atoms with van der Waals surface area (Å²) in [6.07, 6.45) is 0. The summed E-state index contributed by atoms with van der Waals surface area (Å²) < 4.78 is 97.5. The van der Waals surface area contributed by atoms with Crippen LogP contribution in [-0.4, -0.2) is 60.5 Å². The van der Waals surface area contributed by atoms with Gasteiger partial charge in [-0.15, -0.1) is 12.6 Å². The molecule has 17 heteroatoms. The van der Waals surface area contributed by atoms with Gasteiger partial charge in [0, 0.05) is 10.3 Å². The predicted molar refractivity (Wildman–Crippen MR) is 114 cm³/mol. The zero-order valence-corrected chi connectivity index (χ0v) is 18.9. The van der Waals surface area contributed by atoms with Crippen molar-refractivity contribution in [3.8, 4) is 5.75 Å². The van der Waals surface area contributed by atoms with Gasteiger partial charge in [0.15, 0.2) is 5.75 Å².